The monoisotopic (exact) mass is 326 g/mol. The lowest BCUT2D eigenvalue weighted by molar-refractivity contribution is 0.0927. The molecule has 3 rings (SSSR count). The van der Waals surface area contributed by atoms with Crippen LogP contribution < -0.4 is 15.4 Å². The molecular weight excluding hydrogens is 304 g/mol. The molecule has 5 heteroatoms. The summed E-state index contributed by atoms with van der Waals surface area (Å²) in [6.07, 6.45) is -0.386. The van der Waals surface area contributed by atoms with Crippen LogP contribution in [0.25, 0.3) is 0 Å². The number of hydrogen-bond donors (Lipinski definition) is 3. The lowest BCUT2D eigenvalue weighted by Crippen LogP contribution is -2.34. The average molecular weight is 326 g/mol. The van der Waals surface area contributed by atoms with Crippen molar-refractivity contribution in [2.45, 2.75) is 12.7 Å². The molecule has 0 radical (unpaired) electrons. The molecule has 0 aromatic heterocycles. The summed E-state index contributed by atoms with van der Waals surface area (Å²) in [5.41, 5.74) is 1.62. The van der Waals surface area contributed by atoms with Gasteiger partial charge in [-0.3, -0.25) is 4.79 Å². The molecule has 24 heavy (non-hydrogen) atoms. The van der Waals surface area contributed by atoms with Crippen molar-refractivity contribution in [3.8, 4) is 5.75 Å². The summed E-state index contributed by atoms with van der Waals surface area (Å²) in [7, 11) is 0. The van der Waals surface area contributed by atoms with Crippen molar-refractivity contribution < 1.29 is 14.6 Å². The Balaban J connectivity index is 1.49. The Morgan fingerprint density at radius 2 is 1.88 bits per heavy atom. The molecule has 1 fully saturated rings. The highest BCUT2D eigenvalue weighted by atomic mass is 16.5. The minimum absolute atomic E-state index is 0.0764. The normalized spacial score (nSPS) is 19.9. The van der Waals surface area contributed by atoms with Crippen LogP contribution in [0, 0.1) is 5.92 Å². The molecule has 126 valence electrons. The number of para-hydroxylation sites is 1. The third-order valence-corrected chi connectivity index (χ3v) is 4.19. The van der Waals surface area contributed by atoms with Gasteiger partial charge in [0.05, 0.1) is 6.10 Å². The van der Waals surface area contributed by atoms with E-state index in [0.717, 1.165) is 17.9 Å². The Morgan fingerprint density at radius 3 is 2.54 bits per heavy atom. The molecular formula is C19H22N2O3. The van der Waals surface area contributed by atoms with E-state index in [1.54, 1.807) is 12.1 Å². The molecule has 2 aromatic rings. The largest absolute Gasteiger partial charge is 0.489 e. The Hall–Kier alpha value is -2.37. The van der Waals surface area contributed by atoms with Crippen molar-refractivity contribution in [3.63, 3.8) is 0 Å². The number of rotatable bonds is 6. The van der Waals surface area contributed by atoms with Gasteiger partial charge in [-0.2, -0.15) is 0 Å². The van der Waals surface area contributed by atoms with Gasteiger partial charge in [-0.05, 0) is 29.8 Å². The minimum Gasteiger partial charge on any atom is -0.489 e. The first kappa shape index (κ1) is 16.5. The number of β-amino-alcohol motifs (C(OH)–C–C–N with tert-alkyl or cyclic N) is 1. The molecule has 1 heterocycles. The number of carbonyl (C=O) groups excluding carboxylic acids is 1. The molecule has 1 aliphatic rings. The van der Waals surface area contributed by atoms with Crippen molar-refractivity contribution in [1.29, 1.82) is 0 Å². The number of ether oxygens (including phenoxy) is 1. The Bertz CT molecular complexity index is 658. The summed E-state index contributed by atoms with van der Waals surface area (Å²) in [6, 6.07) is 17.0. The molecule has 3 N–H and O–H groups in total. The molecule has 2 atom stereocenters. The van der Waals surface area contributed by atoms with Crippen LogP contribution in [0.15, 0.2) is 54.6 Å². The van der Waals surface area contributed by atoms with Gasteiger partial charge < -0.3 is 20.5 Å². The molecule has 5 nitrogen and oxygen atoms in total. The van der Waals surface area contributed by atoms with Gasteiger partial charge in [0.15, 0.2) is 0 Å². The van der Waals surface area contributed by atoms with Gasteiger partial charge in [0.25, 0.3) is 5.91 Å². The van der Waals surface area contributed by atoms with E-state index in [1.807, 2.05) is 42.5 Å². The number of amides is 1. The molecule has 1 amide bonds. The standard InChI is InChI=1S/C19H22N2O3/c22-18-12-20-10-16(18)11-21-19(23)15-8-6-14(7-9-15)13-24-17-4-2-1-3-5-17/h1-9,16,18,20,22H,10-13H2,(H,21,23). The van der Waals surface area contributed by atoms with Crippen LogP contribution >= 0.6 is 0 Å². The fourth-order valence-corrected chi connectivity index (χ4v) is 2.69. The highest BCUT2D eigenvalue weighted by molar-refractivity contribution is 5.94. The number of benzene rings is 2. The lowest BCUT2D eigenvalue weighted by Gasteiger charge is -2.14. The maximum atomic E-state index is 12.2. The Kier molecular flexibility index (Phi) is 5.46. The maximum Gasteiger partial charge on any atom is 0.251 e. The number of hydrogen-bond acceptors (Lipinski definition) is 4. The zero-order valence-electron chi connectivity index (χ0n) is 13.4. The van der Waals surface area contributed by atoms with Gasteiger partial charge >= 0.3 is 0 Å². The van der Waals surface area contributed by atoms with E-state index in [-0.39, 0.29) is 17.9 Å². The first-order chi connectivity index (χ1) is 11.7. The first-order valence-corrected chi connectivity index (χ1v) is 8.16. The average Bonchev–Trinajstić information content (AvgIpc) is 3.04. The van der Waals surface area contributed by atoms with Crippen LogP contribution in [0.1, 0.15) is 15.9 Å². The zero-order chi connectivity index (χ0) is 16.8. The molecule has 1 saturated heterocycles. The molecule has 2 aromatic carbocycles. The molecule has 2 unspecified atom stereocenters. The fourth-order valence-electron chi connectivity index (χ4n) is 2.69. The van der Waals surface area contributed by atoms with Crippen molar-refractivity contribution >= 4 is 5.91 Å². The molecule has 1 aliphatic heterocycles. The molecule has 0 spiro atoms. The maximum absolute atomic E-state index is 12.2. The van der Waals surface area contributed by atoms with Crippen molar-refractivity contribution in [2.24, 2.45) is 5.92 Å². The van der Waals surface area contributed by atoms with E-state index >= 15 is 0 Å². The van der Waals surface area contributed by atoms with Gasteiger partial charge in [0, 0.05) is 31.1 Å². The SMILES string of the molecule is O=C(NCC1CNCC1O)c1ccc(COc2ccccc2)cc1. The van der Waals surface area contributed by atoms with E-state index in [1.165, 1.54) is 0 Å². The van der Waals surface area contributed by atoms with Crippen LogP contribution in [0.4, 0.5) is 0 Å². The second-order valence-corrected chi connectivity index (χ2v) is 5.99. The van der Waals surface area contributed by atoms with E-state index in [9.17, 15) is 9.90 Å². The fraction of sp³-hybridized carbons (Fsp3) is 0.316. The quantitative estimate of drug-likeness (QED) is 0.754. The van der Waals surface area contributed by atoms with Gasteiger partial charge in [0.1, 0.15) is 12.4 Å². The van der Waals surface area contributed by atoms with Gasteiger partial charge in [-0.15, -0.1) is 0 Å². The molecule has 0 saturated carbocycles. The van der Waals surface area contributed by atoms with Crippen molar-refractivity contribution in [2.75, 3.05) is 19.6 Å². The number of aliphatic hydroxyl groups excluding tert-OH is 1. The van der Waals surface area contributed by atoms with Crippen LogP contribution in [-0.4, -0.2) is 36.8 Å². The third kappa shape index (κ3) is 4.34. The number of nitrogens with one attached hydrogen (secondary N) is 2. The van der Waals surface area contributed by atoms with E-state index in [4.69, 9.17) is 4.74 Å². The highest BCUT2D eigenvalue weighted by Gasteiger charge is 2.25. The van der Waals surface area contributed by atoms with Gasteiger partial charge in [-0.1, -0.05) is 30.3 Å². The van der Waals surface area contributed by atoms with E-state index in [0.29, 0.717) is 25.3 Å². The first-order valence-electron chi connectivity index (χ1n) is 8.16. The topological polar surface area (TPSA) is 70.6 Å². The Morgan fingerprint density at radius 1 is 1.12 bits per heavy atom. The Labute approximate surface area is 141 Å². The number of carbonyl (C=O) groups is 1. The van der Waals surface area contributed by atoms with Crippen LogP contribution in [0.3, 0.4) is 0 Å². The highest BCUT2D eigenvalue weighted by Crippen LogP contribution is 2.13. The molecule has 0 aliphatic carbocycles. The van der Waals surface area contributed by atoms with E-state index < -0.39 is 0 Å². The summed E-state index contributed by atoms with van der Waals surface area (Å²) in [5, 5.41) is 15.7. The summed E-state index contributed by atoms with van der Waals surface area (Å²) in [4.78, 5) is 12.2. The summed E-state index contributed by atoms with van der Waals surface area (Å²) >= 11 is 0. The van der Waals surface area contributed by atoms with Crippen LogP contribution in [-0.2, 0) is 6.61 Å². The summed E-state index contributed by atoms with van der Waals surface area (Å²) < 4.78 is 5.68. The molecule has 0 bridgehead atoms. The van der Waals surface area contributed by atoms with Crippen molar-refractivity contribution in [1.82, 2.24) is 10.6 Å². The van der Waals surface area contributed by atoms with Gasteiger partial charge in [-0.25, -0.2) is 0 Å². The summed E-state index contributed by atoms with van der Waals surface area (Å²) in [5.74, 6) is 0.778. The third-order valence-electron chi connectivity index (χ3n) is 4.19. The predicted molar refractivity (Wildman–Crippen MR) is 91.9 cm³/mol. The zero-order valence-corrected chi connectivity index (χ0v) is 13.4. The minimum atomic E-state index is -0.386. The lowest BCUT2D eigenvalue weighted by atomic mass is 10.1. The predicted octanol–water partition coefficient (Wildman–Crippen LogP) is 1.58. The van der Waals surface area contributed by atoms with Gasteiger partial charge in [0.2, 0.25) is 0 Å². The van der Waals surface area contributed by atoms with Crippen LogP contribution in [0.2, 0.25) is 0 Å². The smallest absolute Gasteiger partial charge is 0.251 e. The van der Waals surface area contributed by atoms with Crippen LogP contribution in [0.5, 0.6) is 5.75 Å². The number of aliphatic hydroxyl groups is 1. The second kappa shape index (κ2) is 7.95. The summed E-state index contributed by atoms with van der Waals surface area (Å²) in [6.45, 7) is 2.27. The van der Waals surface area contributed by atoms with E-state index in [2.05, 4.69) is 10.6 Å². The second-order valence-electron chi connectivity index (χ2n) is 5.99. The van der Waals surface area contributed by atoms with Crippen molar-refractivity contribution in [3.05, 3.63) is 65.7 Å².